The Hall–Kier alpha value is -0.123. The van der Waals surface area contributed by atoms with Gasteiger partial charge in [-0.05, 0) is 24.6 Å². The highest BCUT2D eigenvalue weighted by atomic mass is 28.4. The Bertz CT molecular complexity index is 207. The van der Waals surface area contributed by atoms with Crippen molar-refractivity contribution in [2.45, 2.75) is 84.6 Å². The lowest BCUT2D eigenvalue weighted by atomic mass is 10.3. The van der Waals surface area contributed by atoms with Crippen molar-refractivity contribution in [3.8, 4) is 0 Å². The van der Waals surface area contributed by atoms with Gasteiger partial charge in [-0.3, -0.25) is 0 Å². The number of rotatable bonds is 15. The Kier molecular flexibility index (Phi) is 13.8. The molecule has 0 heterocycles. The fraction of sp³-hybridized carbons (Fsp3) is 0.882. The molecule has 3 heteroatoms. The van der Waals surface area contributed by atoms with E-state index in [9.17, 15) is 0 Å². The molecule has 0 bridgehead atoms. The Labute approximate surface area is 128 Å². The summed E-state index contributed by atoms with van der Waals surface area (Å²) in [6.45, 7) is 12.4. The van der Waals surface area contributed by atoms with Gasteiger partial charge in [-0.15, -0.1) is 6.58 Å². The largest absolute Gasteiger partial charge is 0.391 e. The molecule has 0 unspecified atom stereocenters. The Morgan fingerprint density at radius 2 is 1.20 bits per heavy atom. The molecule has 120 valence electrons. The number of hydrogen-bond acceptors (Lipinski definition) is 2. The Morgan fingerprint density at radius 1 is 0.750 bits per heavy atom. The average molecular weight is 301 g/mol. The zero-order valence-corrected chi connectivity index (χ0v) is 15.1. The highest BCUT2D eigenvalue weighted by Gasteiger charge is 2.33. The van der Waals surface area contributed by atoms with E-state index in [4.69, 9.17) is 8.85 Å². The van der Waals surface area contributed by atoms with Crippen LogP contribution in [-0.4, -0.2) is 21.8 Å². The van der Waals surface area contributed by atoms with Gasteiger partial charge in [-0.25, -0.2) is 0 Å². The van der Waals surface area contributed by atoms with Crippen molar-refractivity contribution < 1.29 is 8.85 Å². The Morgan fingerprint density at radius 3 is 1.60 bits per heavy atom. The van der Waals surface area contributed by atoms with Crippen molar-refractivity contribution in [1.82, 2.24) is 0 Å². The zero-order valence-electron chi connectivity index (χ0n) is 14.1. The van der Waals surface area contributed by atoms with Crippen LogP contribution < -0.4 is 0 Å². The molecule has 0 aliphatic heterocycles. The summed E-state index contributed by atoms with van der Waals surface area (Å²) in [6.07, 6.45) is 11.0. The molecule has 0 rings (SSSR count). The summed E-state index contributed by atoms with van der Waals surface area (Å²) in [5, 5.41) is 0. The molecule has 0 fully saturated rings. The fourth-order valence-electron chi connectivity index (χ4n) is 2.22. The lowest BCUT2D eigenvalue weighted by Crippen LogP contribution is -2.41. The van der Waals surface area contributed by atoms with E-state index in [1.54, 1.807) is 0 Å². The third-order valence-corrected chi connectivity index (χ3v) is 6.69. The zero-order chi connectivity index (χ0) is 15.1. The van der Waals surface area contributed by atoms with Crippen molar-refractivity contribution in [2.24, 2.45) is 0 Å². The molecule has 0 amide bonds. The van der Waals surface area contributed by atoms with Gasteiger partial charge in [0.2, 0.25) is 0 Å². The monoisotopic (exact) mass is 300 g/mol. The normalized spacial score (nSPS) is 11.8. The third-order valence-electron chi connectivity index (χ3n) is 3.63. The fourth-order valence-corrected chi connectivity index (χ4v) is 4.76. The molecule has 0 atom stereocenters. The molecule has 0 aliphatic carbocycles. The molecule has 0 saturated carbocycles. The van der Waals surface area contributed by atoms with Gasteiger partial charge in [-0.1, -0.05) is 65.7 Å². The summed E-state index contributed by atoms with van der Waals surface area (Å²) in [5.74, 6) is 0. The Balaban J connectivity index is 4.24. The van der Waals surface area contributed by atoms with E-state index in [1.165, 1.54) is 44.9 Å². The molecule has 0 radical (unpaired) electrons. The maximum atomic E-state index is 6.21. The van der Waals surface area contributed by atoms with Crippen LogP contribution in [0.1, 0.15) is 78.6 Å². The molecule has 0 spiro atoms. The van der Waals surface area contributed by atoms with E-state index in [0.29, 0.717) is 0 Å². The van der Waals surface area contributed by atoms with Crippen molar-refractivity contribution in [3.63, 3.8) is 0 Å². The van der Waals surface area contributed by atoms with Crippen molar-refractivity contribution >= 4 is 8.56 Å². The van der Waals surface area contributed by atoms with Crippen molar-refractivity contribution in [2.75, 3.05) is 13.2 Å². The molecule has 2 nitrogen and oxygen atoms in total. The minimum atomic E-state index is -2.14. The van der Waals surface area contributed by atoms with Gasteiger partial charge in [-0.2, -0.15) is 0 Å². The van der Waals surface area contributed by atoms with Gasteiger partial charge >= 0.3 is 8.56 Å². The van der Waals surface area contributed by atoms with E-state index >= 15 is 0 Å². The third kappa shape index (κ3) is 9.73. The first kappa shape index (κ1) is 19.9. The van der Waals surface area contributed by atoms with Crippen LogP contribution >= 0.6 is 0 Å². The second kappa shape index (κ2) is 13.8. The lowest BCUT2D eigenvalue weighted by Gasteiger charge is -2.28. The SMILES string of the molecule is C=C[Si](CCCCC)(OCCCCC)OCCCCC. The van der Waals surface area contributed by atoms with E-state index in [1.807, 2.05) is 5.70 Å². The first-order chi connectivity index (χ1) is 9.74. The quantitative estimate of drug-likeness (QED) is 0.283. The predicted octanol–water partition coefficient (Wildman–Crippen LogP) is 5.76. The molecule has 0 N–H and O–H groups in total. The van der Waals surface area contributed by atoms with E-state index in [2.05, 4.69) is 27.4 Å². The topological polar surface area (TPSA) is 18.5 Å². The van der Waals surface area contributed by atoms with Gasteiger partial charge < -0.3 is 8.85 Å². The summed E-state index contributed by atoms with van der Waals surface area (Å²) < 4.78 is 12.4. The molecule has 0 aliphatic rings. The number of hydrogen-bond donors (Lipinski definition) is 0. The first-order valence-electron chi connectivity index (χ1n) is 8.66. The summed E-state index contributed by atoms with van der Waals surface area (Å²) >= 11 is 0. The van der Waals surface area contributed by atoms with E-state index in [0.717, 1.165) is 32.1 Å². The van der Waals surface area contributed by atoms with Gasteiger partial charge in [0.25, 0.3) is 0 Å². The lowest BCUT2D eigenvalue weighted by molar-refractivity contribution is 0.171. The van der Waals surface area contributed by atoms with Crippen LogP contribution in [0, 0.1) is 0 Å². The van der Waals surface area contributed by atoms with Gasteiger partial charge in [0, 0.05) is 13.2 Å². The van der Waals surface area contributed by atoms with Crippen molar-refractivity contribution in [3.05, 3.63) is 12.3 Å². The van der Waals surface area contributed by atoms with Gasteiger partial charge in [0.1, 0.15) is 0 Å². The van der Waals surface area contributed by atoms with E-state index in [-0.39, 0.29) is 0 Å². The number of unbranched alkanes of at least 4 members (excludes halogenated alkanes) is 6. The molecule has 20 heavy (non-hydrogen) atoms. The highest BCUT2D eigenvalue weighted by molar-refractivity contribution is 6.72. The summed E-state index contributed by atoms with van der Waals surface area (Å²) in [6, 6.07) is 1.07. The average Bonchev–Trinajstić information content (AvgIpc) is 2.47. The molecule has 0 aromatic carbocycles. The smallest absolute Gasteiger partial charge is 0.364 e. The maximum Gasteiger partial charge on any atom is 0.364 e. The second-order valence-corrected chi connectivity index (χ2v) is 8.69. The highest BCUT2D eigenvalue weighted by Crippen LogP contribution is 2.20. The molecule has 0 aromatic rings. The van der Waals surface area contributed by atoms with Crippen LogP contribution in [0.3, 0.4) is 0 Å². The minimum absolute atomic E-state index is 0.839. The second-order valence-electron chi connectivity index (χ2n) is 5.58. The maximum absolute atomic E-state index is 6.21. The molecular weight excluding hydrogens is 264 g/mol. The standard InChI is InChI=1S/C17H36O2Si/c1-5-9-12-15-18-20(8-4,17-14-11-7-3)19-16-13-10-6-2/h8H,4-7,9-17H2,1-3H3. The van der Waals surface area contributed by atoms with Crippen molar-refractivity contribution in [1.29, 1.82) is 0 Å². The van der Waals surface area contributed by atoms with Gasteiger partial charge in [0.15, 0.2) is 0 Å². The van der Waals surface area contributed by atoms with Crippen LogP contribution in [0.25, 0.3) is 0 Å². The van der Waals surface area contributed by atoms with Gasteiger partial charge in [0.05, 0.1) is 0 Å². The summed E-state index contributed by atoms with van der Waals surface area (Å²) in [4.78, 5) is 0. The molecular formula is C17H36O2Si. The molecule has 0 saturated heterocycles. The summed E-state index contributed by atoms with van der Waals surface area (Å²) in [5.41, 5.74) is 2.01. The van der Waals surface area contributed by atoms with Crippen LogP contribution in [0.2, 0.25) is 6.04 Å². The van der Waals surface area contributed by atoms with Crippen LogP contribution in [-0.2, 0) is 8.85 Å². The predicted molar refractivity (Wildman–Crippen MR) is 91.2 cm³/mol. The molecule has 0 aromatic heterocycles. The van der Waals surface area contributed by atoms with E-state index < -0.39 is 8.56 Å². The van der Waals surface area contributed by atoms with Crippen LogP contribution in [0.4, 0.5) is 0 Å². The minimum Gasteiger partial charge on any atom is -0.391 e. The van der Waals surface area contributed by atoms with Crippen LogP contribution in [0.5, 0.6) is 0 Å². The van der Waals surface area contributed by atoms with Crippen LogP contribution in [0.15, 0.2) is 12.3 Å². The first-order valence-corrected chi connectivity index (χ1v) is 10.8. The summed E-state index contributed by atoms with van der Waals surface area (Å²) in [7, 11) is -2.14.